The number of oxime groups is 1. The molecule has 0 spiro atoms. The lowest BCUT2D eigenvalue weighted by molar-refractivity contribution is -0.148. The molecular formula is C38H32N4O6. The maximum absolute atomic E-state index is 12.4. The molecule has 1 aromatic heterocycles. The van der Waals surface area contributed by atoms with Gasteiger partial charge >= 0.3 is 11.9 Å². The van der Waals surface area contributed by atoms with Gasteiger partial charge in [-0.1, -0.05) is 96.2 Å². The Labute approximate surface area is 276 Å². The topological polar surface area (TPSA) is 154 Å². The number of H-pyrrole nitrogens is 1. The number of aryl methyl sites for hydroxylation is 1. The van der Waals surface area contributed by atoms with E-state index in [-0.39, 0.29) is 17.9 Å². The quantitative estimate of drug-likeness (QED) is 0.0903. The van der Waals surface area contributed by atoms with Crippen LogP contribution in [0.4, 0.5) is 0 Å². The Balaban J connectivity index is 1.20. The number of carboxylic acids is 2. The monoisotopic (exact) mass is 640 g/mol. The number of aliphatic carboxylic acids is 1. The third-order valence-corrected chi connectivity index (χ3v) is 7.96. The number of hydrogen-bond acceptors (Lipinski definition) is 6. The molecule has 240 valence electrons. The van der Waals surface area contributed by atoms with Gasteiger partial charge in [-0.25, -0.2) is 14.6 Å². The molecule has 2 heterocycles. The Morgan fingerprint density at radius 1 is 0.833 bits per heavy atom. The van der Waals surface area contributed by atoms with Gasteiger partial charge < -0.3 is 25.4 Å². The van der Waals surface area contributed by atoms with Crippen LogP contribution >= 0.6 is 0 Å². The summed E-state index contributed by atoms with van der Waals surface area (Å²) in [6.45, 7) is 0.590. The average Bonchev–Trinajstić information content (AvgIpc) is 3.79. The van der Waals surface area contributed by atoms with E-state index in [4.69, 9.17) is 9.82 Å². The van der Waals surface area contributed by atoms with E-state index in [2.05, 4.69) is 27.6 Å². The largest absolute Gasteiger partial charge is 0.478 e. The van der Waals surface area contributed by atoms with Crippen molar-refractivity contribution in [2.75, 3.05) is 6.54 Å². The van der Waals surface area contributed by atoms with Gasteiger partial charge in [0.1, 0.15) is 5.82 Å². The smallest absolute Gasteiger partial charge is 0.348 e. The molecular weight excluding hydrogens is 608 g/mol. The van der Waals surface area contributed by atoms with Gasteiger partial charge in [0.25, 0.3) is 0 Å². The summed E-state index contributed by atoms with van der Waals surface area (Å²) in [7, 11) is 0. The molecule has 4 aromatic carbocycles. The molecule has 0 aliphatic carbocycles. The van der Waals surface area contributed by atoms with Crippen LogP contribution in [-0.4, -0.2) is 56.4 Å². The first-order valence-electron chi connectivity index (χ1n) is 15.4. The highest BCUT2D eigenvalue weighted by Crippen LogP contribution is 2.34. The van der Waals surface area contributed by atoms with Crippen LogP contribution in [0, 0.1) is 0 Å². The molecule has 1 unspecified atom stereocenters. The van der Waals surface area contributed by atoms with Crippen LogP contribution in [0.3, 0.4) is 0 Å². The third-order valence-electron chi connectivity index (χ3n) is 7.96. The standard InChI is InChI=1S/C38H32N4O6/c43-33(39-22-4-7-24-5-2-1-3-6-24)21-10-25-8-11-27(12-9-25)34-35(41-36(40-34)29-17-19-30(20-18-29)37(44)45)28-15-13-26(14-16-28)31-23-32(38(46)47)48-42-31/h1-3,5-6,8-21,32H,4,7,22-23H2,(H,39,43)(H,40,41)(H,44,45)(H,46,47). The fraction of sp³-hybridized carbons (Fsp3) is 0.132. The third kappa shape index (κ3) is 7.56. The molecule has 0 saturated heterocycles. The van der Waals surface area contributed by atoms with E-state index in [9.17, 15) is 24.6 Å². The number of carbonyl (C=O) groups is 3. The maximum atomic E-state index is 12.4. The molecule has 1 amide bonds. The van der Waals surface area contributed by atoms with E-state index in [1.165, 1.54) is 23.8 Å². The molecule has 0 fully saturated rings. The van der Waals surface area contributed by atoms with Crippen molar-refractivity contribution in [3.05, 3.63) is 131 Å². The number of imidazole rings is 1. The molecule has 10 nitrogen and oxygen atoms in total. The van der Waals surface area contributed by atoms with E-state index in [0.717, 1.165) is 46.4 Å². The Bertz CT molecular complexity index is 1980. The fourth-order valence-electron chi connectivity index (χ4n) is 5.34. The van der Waals surface area contributed by atoms with Crippen LogP contribution < -0.4 is 5.32 Å². The lowest BCUT2D eigenvalue weighted by Crippen LogP contribution is -2.22. The van der Waals surface area contributed by atoms with Gasteiger partial charge in [0.2, 0.25) is 12.0 Å². The summed E-state index contributed by atoms with van der Waals surface area (Å²) >= 11 is 0. The second-order valence-electron chi connectivity index (χ2n) is 11.3. The van der Waals surface area contributed by atoms with Crippen LogP contribution in [0.15, 0.2) is 114 Å². The Kier molecular flexibility index (Phi) is 9.52. The average molecular weight is 641 g/mol. The first kappa shape index (κ1) is 31.7. The molecule has 0 bridgehead atoms. The van der Waals surface area contributed by atoms with Gasteiger partial charge in [0.15, 0.2) is 0 Å². The summed E-state index contributed by atoms with van der Waals surface area (Å²) in [4.78, 5) is 48.4. The number of rotatable bonds is 12. The SMILES string of the molecule is O=C(C=Cc1ccc(-c2[nH]c(-c3ccc(C(=O)O)cc3)nc2-c2ccc(C3=NOC(C(=O)O)C3)cc2)cc1)NCCCc1ccccc1. The highest BCUT2D eigenvalue weighted by atomic mass is 16.7. The van der Waals surface area contributed by atoms with Crippen LogP contribution in [0.5, 0.6) is 0 Å². The van der Waals surface area contributed by atoms with Crippen LogP contribution in [0.25, 0.3) is 40.0 Å². The minimum absolute atomic E-state index is 0.154. The van der Waals surface area contributed by atoms with E-state index in [1.807, 2.05) is 66.7 Å². The van der Waals surface area contributed by atoms with E-state index >= 15 is 0 Å². The van der Waals surface area contributed by atoms with Crippen molar-refractivity contribution in [2.45, 2.75) is 25.4 Å². The summed E-state index contributed by atoms with van der Waals surface area (Å²) < 4.78 is 0. The van der Waals surface area contributed by atoms with Crippen molar-refractivity contribution in [1.29, 1.82) is 0 Å². The summed E-state index contributed by atoms with van der Waals surface area (Å²) in [6.07, 6.45) is 4.23. The first-order valence-corrected chi connectivity index (χ1v) is 15.4. The predicted molar refractivity (Wildman–Crippen MR) is 182 cm³/mol. The van der Waals surface area contributed by atoms with Crippen molar-refractivity contribution in [3.63, 3.8) is 0 Å². The Morgan fingerprint density at radius 2 is 1.50 bits per heavy atom. The second kappa shape index (κ2) is 14.4. The fourth-order valence-corrected chi connectivity index (χ4v) is 5.34. The first-order chi connectivity index (χ1) is 23.3. The number of benzene rings is 4. The molecule has 1 atom stereocenters. The minimum atomic E-state index is -1.06. The zero-order valence-corrected chi connectivity index (χ0v) is 25.8. The molecule has 4 N–H and O–H groups in total. The van der Waals surface area contributed by atoms with Gasteiger partial charge in [-0.05, 0) is 47.7 Å². The zero-order valence-electron chi connectivity index (χ0n) is 25.8. The van der Waals surface area contributed by atoms with Crippen LogP contribution in [0.2, 0.25) is 0 Å². The Morgan fingerprint density at radius 3 is 2.17 bits per heavy atom. The molecule has 5 aromatic rings. The van der Waals surface area contributed by atoms with E-state index in [1.54, 1.807) is 18.2 Å². The number of aromatic carboxylic acids is 1. The summed E-state index contributed by atoms with van der Waals surface area (Å²) in [6, 6.07) is 31.8. The van der Waals surface area contributed by atoms with E-state index < -0.39 is 18.0 Å². The number of nitrogens with zero attached hydrogens (tertiary/aromatic N) is 2. The van der Waals surface area contributed by atoms with Crippen molar-refractivity contribution in [1.82, 2.24) is 15.3 Å². The molecule has 10 heteroatoms. The van der Waals surface area contributed by atoms with Gasteiger partial charge in [0, 0.05) is 35.7 Å². The van der Waals surface area contributed by atoms with Crippen molar-refractivity contribution in [2.24, 2.45) is 5.16 Å². The van der Waals surface area contributed by atoms with Crippen LogP contribution in [-0.2, 0) is 20.8 Å². The maximum Gasteiger partial charge on any atom is 0.348 e. The molecule has 1 aliphatic heterocycles. The van der Waals surface area contributed by atoms with Gasteiger partial charge in [-0.15, -0.1) is 0 Å². The number of carboxylic acid groups (broad SMARTS) is 2. The lowest BCUT2D eigenvalue weighted by atomic mass is 10.00. The number of aromatic amines is 1. The minimum Gasteiger partial charge on any atom is -0.478 e. The second-order valence-corrected chi connectivity index (χ2v) is 11.3. The Hall–Kier alpha value is -6.29. The van der Waals surface area contributed by atoms with Gasteiger partial charge in [0.05, 0.1) is 22.7 Å². The zero-order chi connectivity index (χ0) is 33.5. The summed E-state index contributed by atoms with van der Waals surface area (Å²) in [5.74, 6) is -1.66. The van der Waals surface area contributed by atoms with E-state index in [0.29, 0.717) is 23.8 Å². The molecule has 0 radical (unpaired) electrons. The highest BCUT2D eigenvalue weighted by molar-refractivity contribution is 6.03. The molecule has 1 aliphatic rings. The van der Waals surface area contributed by atoms with Crippen molar-refractivity contribution in [3.8, 4) is 33.9 Å². The summed E-state index contributed by atoms with van der Waals surface area (Å²) in [5, 5.41) is 25.4. The van der Waals surface area contributed by atoms with Crippen molar-refractivity contribution >= 4 is 29.6 Å². The van der Waals surface area contributed by atoms with Crippen molar-refractivity contribution < 1.29 is 29.4 Å². The summed E-state index contributed by atoms with van der Waals surface area (Å²) in [5.41, 5.74) is 7.38. The van der Waals surface area contributed by atoms with Crippen LogP contribution in [0.1, 0.15) is 39.9 Å². The molecule has 48 heavy (non-hydrogen) atoms. The number of carbonyl (C=O) groups excluding carboxylic acids is 1. The molecule has 0 saturated carbocycles. The number of amides is 1. The highest BCUT2D eigenvalue weighted by Gasteiger charge is 2.28. The molecule has 6 rings (SSSR count). The van der Waals surface area contributed by atoms with Gasteiger partial charge in [-0.3, -0.25) is 4.79 Å². The number of nitrogens with one attached hydrogen (secondary N) is 2. The van der Waals surface area contributed by atoms with Gasteiger partial charge in [-0.2, -0.15) is 0 Å². The predicted octanol–water partition coefficient (Wildman–Crippen LogP) is 6.45. The normalized spacial score (nSPS) is 14.0. The number of hydrogen-bond donors (Lipinski definition) is 4. The number of aromatic nitrogens is 2. The lowest BCUT2D eigenvalue weighted by Gasteiger charge is -2.06.